The van der Waals surface area contributed by atoms with E-state index in [1.807, 2.05) is 73.6 Å². The summed E-state index contributed by atoms with van der Waals surface area (Å²) in [4.78, 5) is 21.8. The predicted molar refractivity (Wildman–Crippen MR) is 118 cm³/mol. The first-order chi connectivity index (χ1) is 13.9. The maximum absolute atomic E-state index is 13.6. The average Bonchev–Trinajstić information content (AvgIpc) is 2.99. The number of anilines is 1. The van der Waals surface area contributed by atoms with Crippen LogP contribution in [0.1, 0.15) is 11.1 Å². The highest BCUT2D eigenvalue weighted by Gasteiger charge is 2.50. The number of aliphatic imine (C=N–C) groups is 1. The molecule has 0 spiro atoms. The van der Waals surface area contributed by atoms with Crippen molar-refractivity contribution in [3.63, 3.8) is 0 Å². The molecule has 0 bridgehead atoms. The van der Waals surface area contributed by atoms with Crippen molar-refractivity contribution >= 4 is 17.6 Å². The highest BCUT2D eigenvalue weighted by Crippen LogP contribution is 2.44. The van der Waals surface area contributed by atoms with Gasteiger partial charge in [-0.2, -0.15) is 0 Å². The van der Waals surface area contributed by atoms with Gasteiger partial charge in [0.05, 0.1) is 0 Å². The largest absolute Gasteiger partial charge is 0.377 e. The summed E-state index contributed by atoms with van der Waals surface area (Å²) in [7, 11) is 5.61. The number of guanidine groups is 1. The number of hydrogen-bond acceptors (Lipinski definition) is 4. The van der Waals surface area contributed by atoms with E-state index in [1.165, 1.54) is 4.90 Å². The van der Waals surface area contributed by atoms with Gasteiger partial charge in [-0.3, -0.25) is 9.69 Å². The minimum atomic E-state index is -1.22. The third-order valence-electron chi connectivity index (χ3n) is 5.41. The fourth-order valence-electron chi connectivity index (χ4n) is 3.87. The van der Waals surface area contributed by atoms with Crippen LogP contribution in [0, 0.1) is 0 Å². The zero-order valence-electron chi connectivity index (χ0n) is 16.8. The Morgan fingerprint density at radius 2 is 1.52 bits per heavy atom. The summed E-state index contributed by atoms with van der Waals surface area (Å²) in [5.74, 6) is 0.0585. The van der Waals surface area contributed by atoms with Crippen molar-refractivity contribution in [3.05, 3.63) is 90.0 Å². The molecule has 0 aliphatic carbocycles. The lowest BCUT2D eigenvalue weighted by Crippen LogP contribution is -2.41. The number of carbonyl (C=O) groups is 1. The second kappa shape index (κ2) is 7.09. The lowest BCUT2D eigenvalue weighted by molar-refractivity contribution is -0.129. The smallest absolute Gasteiger partial charge is 0.266 e. The van der Waals surface area contributed by atoms with Crippen LogP contribution in [0.4, 0.5) is 5.69 Å². The van der Waals surface area contributed by atoms with Crippen molar-refractivity contribution in [2.75, 3.05) is 26.0 Å². The molecule has 5 heteroatoms. The van der Waals surface area contributed by atoms with Crippen LogP contribution in [0.25, 0.3) is 11.1 Å². The molecule has 0 saturated heterocycles. The Morgan fingerprint density at radius 3 is 2.07 bits per heavy atom. The number of carbonyl (C=O) groups excluding carboxylic acids is 1. The molecule has 3 aromatic rings. The number of likely N-dealkylation sites (N-methyl/N-ethyl adjacent to an activating group) is 1. The Labute approximate surface area is 171 Å². The molecule has 0 aromatic heterocycles. The molecular weight excluding hydrogens is 360 g/mol. The van der Waals surface area contributed by atoms with E-state index in [2.05, 4.69) is 24.3 Å². The maximum Gasteiger partial charge on any atom is 0.266 e. The Hall–Kier alpha value is -3.60. The molecule has 3 aromatic carbocycles. The van der Waals surface area contributed by atoms with Crippen molar-refractivity contribution in [3.8, 4) is 11.1 Å². The molecule has 1 unspecified atom stereocenters. The van der Waals surface area contributed by atoms with Gasteiger partial charge in [-0.1, -0.05) is 66.7 Å². The molecule has 1 heterocycles. The summed E-state index contributed by atoms with van der Waals surface area (Å²) in [6.45, 7) is 0. The van der Waals surface area contributed by atoms with Gasteiger partial charge in [0.25, 0.3) is 5.91 Å². The molecule has 1 atom stereocenters. The van der Waals surface area contributed by atoms with Crippen LogP contribution in [-0.4, -0.2) is 37.9 Å². The van der Waals surface area contributed by atoms with Gasteiger partial charge in [0.1, 0.15) is 0 Å². The van der Waals surface area contributed by atoms with Gasteiger partial charge in [-0.05, 0) is 28.8 Å². The number of amides is 1. The van der Waals surface area contributed by atoms with E-state index < -0.39 is 5.54 Å². The topological polar surface area (TPSA) is 61.9 Å². The lowest BCUT2D eigenvalue weighted by atomic mass is 9.80. The monoisotopic (exact) mass is 384 g/mol. The van der Waals surface area contributed by atoms with Gasteiger partial charge < -0.3 is 10.6 Å². The second-order valence-electron chi connectivity index (χ2n) is 7.40. The van der Waals surface area contributed by atoms with E-state index in [1.54, 1.807) is 7.05 Å². The number of hydrogen-bond donors (Lipinski definition) is 1. The summed E-state index contributed by atoms with van der Waals surface area (Å²) < 4.78 is 0. The van der Waals surface area contributed by atoms with Gasteiger partial charge in [0.15, 0.2) is 11.5 Å². The first-order valence-electron chi connectivity index (χ1n) is 9.51. The van der Waals surface area contributed by atoms with Crippen LogP contribution in [0.3, 0.4) is 0 Å². The van der Waals surface area contributed by atoms with E-state index in [0.717, 1.165) is 27.9 Å². The quantitative estimate of drug-likeness (QED) is 0.749. The maximum atomic E-state index is 13.6. The number of rotatable bonds is 4. The normalized spacial score (nSPS) is 18.7. The first kappa shape index (κ1) is 18.7. The van der Waals surface area contributed by atoms with Crippen LogP contribution < -0.4 is 10.6 Å². The molecule has 1 aliphatic rings. The molecule has 5 nitrogen and oxygen atoms in total. The van der Waals surface area contributed by atoms with Crippen molar-refractivity contribution in [2.45, 2.75) is 5.54 Å². The Kier molecular flexibility index (Phi) is 4.59. The van der Waals surface area contributed by atoms with Gasteiger partial charge in [0, 0.05) is 32.4 Å². The molecule has 0 fully saturated rings. The van der Waals surface area contributed by atoms with Crippen LogP contribution in [-0.2, 0) is 10.3 Å². The molecule has 2 N–H and O–H groups in total. The Morgan fingerprint density at radius 1 is 0.897 bits per heavy atom. The zero-order valence-corrected chi connectivity index (χ0v) is 16.8. The Bertz CT molecular complexity index is 1080. The zero-order chi connectivity index (χ0) is 20.6. The van der Waals surface area contributed by atoms with Crippen molar-refractivity contribution in [1.82, 2.24) is 4.90 Å². The van der Waals surface area contributed by atoms with Crippen LogP contribution in [0.2, 0.25) is 0 Å². The number of nitrogens with two attached hydrogens (primary N) is 1. The van der Waals surface area contributed by atoms with Gasteiger partial charge in [-0.25, -0.2) is 4.99 Å². The molecule has 0 saturated carbocycles. The third-order valence-corrected chi connectivity index (χ3v) is 5.41. The van der Waals surface area contributed by atoms with Gasteiger partial charge in [0.2, 0.25) is 0 Å². The van der Waals surface area contributed by atoms with E-state index >= 15 is 0 Å². The summed E-state index contributed by atoms with van der Waals surface area (Å²) in [6, 6.07) is 25.9. The molecule has 1 amide bonds. The van der Waals surface area contributed by atoms with Gasteiger partial charge in [-0.15, -0.1) is 0 Å². The minimum Gasteiger partial charge on any atom is -0.377 e. The standard InChI is InChI=1S/C24H24N4O/c1-27(2)21-15-14-18(17-10-6-4-7-11-17)16-20(21)24(19-12-8-5-9-13-19)22(29)28(3)23(25)26-24/h4-16H,1-3H3,(H2,25,26). The van der Waals surface area contributed by atoms with Crippen molar-refractivity contribution in [1.29, 1.82) is 0 Å². The number of nitrogens with zero attached hydrogens (tertiary/aromatic N) is 3. The van der Waals surface area contributed by atoms with E-state index in [9.17, 15) is 4.79 Å². The second-order valence-corrected chi connectivity index (χ2v) is 7.40. The molecule has 29 heavy (non-hydrogen) atoms. The van der Waals surface area contributed by atoms with E-state index in [0.29, 0.717) is 0 Å². The molecule has 146 valence electrons. The number of benzene rings is 3. The SMILES string of the molecule is CN1C(=O)C(c2ccccc2)(c2cc(-c3ccccc3)ccc2N(C)C)N=C1N. The molecular formula is C24H24N4O. The average molecular weight is 384 g/mol. The van der Waals surface area contributed by atoms with E-state index in [4.69, 9.17) is 10.7 Å². The van der Waals surface area contributed by atoms with E-state index in [-0.39, 0.29) is 11.9 Å². The Balaban J connectivity index is 2.04. The lowest BCUT2D eigenvalue weighted by Gasteiger charge is -2.30. The van der Waals surface area contributed by atoms with Crippen molar-refractivity contribution in [2.24, 2.45) is 10.7 Å². The molecule has 0 radical (unpaired) electrons. The summed E-state index contributed by atoms with van der Waals surface area (Å²) in [6.07, 6.45) is 0. The predicted octanol–water partition coefficient (Wildman–Crippen LogP) is 3.45. The fourth-order valence-corrected chi connectivity index (χ4v) is 3.87. The first-order valence-corrected chi connectivity index (χ1v) is 9.51. The summed E-state index contributed by atoms with van der Waals surface area (Å²) >= 11 is 0. The highest BCUT2D eigenvalue weighted by atomic mass is 16.2. The molecule has 1 aliphatic heterocycles. The summed E-state index contributed by atoms with van der Waals surface area (Å²) in [5, 5.41) is 0. The minimum absolute atomic E-state index is 0.158. The highest BCUT2D eigenvalue weighted by molar-refractivity contribution is 6.09. The van der Waals surface area contributed by atoms with Crippen LogP contribution in [0.15, 0.2) is 83.9 Å². The molecule has 4 rings (SSSR count). The summed E-state index contributed by atoms with van der Waals surface area (Å²) in [5.41, 5.74) is 9.56. The van der Waals surface area contributed by atoms with Crippen LogP contribution in [0.5, 0.6) is 0 Å². The third kappa shape index (κ3) is 2.95. The van der Waals surface area contributed by atoms with Gasteiger partial charge >= 0.3 is 0 Å². The van der Waals surface area contributed by atoms with Crippen LogP contribution >= 0.6 is 0 Å². The fraction of sp³-hybridized carbons (Fsp3) is 0.167. The van der Waals surface area contributed by atoms with Crippen molar-refractivity contribution < 1.29 is 4.79 Å².